The number of anilines is 1. The van der Waals surface area contributed by atoms with Gasteiger partial charge in [0.25, 0.3) is 0 Å². The van der Waals surface area contributed by atoms with E-state index in [1.54, 1.807) is 7.11 Å². The third-order valence-corrected chi connectivity index (χ3v) is 6.70. The molecule has 2 aliphatic heterocycles. The standard InChI is InChI=1S/C23H29N5O2/c1-15-25-21-5-3-4-20(21)22(26-15)27-11-17-13-28(14-18(17)12-27)23(29)24-10-16-6-8-19(30-2)9-7-16/h6-9,17-18H,3-5,10-14H2,1-2H3,(H,24,29). The third-order valence-electron chi connectivity index (χ3n) is 6.70. The van der Waals surface area contributed by atoms with E-state index >= 15 is 0 Å². The van der Waals surface area contributed by atoms with Gasteiger partial charge >= 0.3 is 6.03 Å². The zero-order chi connectivity index (χ0) is 20.7. The van der Waals surface area contributed by atoms with Gasteiger partial charge < -0.3 is 19.9 Å². The summed E-state index contributed by atoms with van der Waals surface area (Å²) in [5, 5.41) is 3.06. The van der Waals surface area contributed by atoms with E-state index in [1.165, 1.54) is 17.7 Å². The van der Waals surface area contributed by atoms with E-state index in [0.717, 1.165) is 62.0 Å². The maximum atomic E-state index is 12.7. The van der Waals surface area contributed by atoms with Crippen LogP contribution in [-0.4, -0.2) is 54.2 Å². The van der Waals surface area contributed by atoms with E-state index in [4.69, 9.17) is 9.72 Å². The largest absolute Gasteiger partial charge is 0.497 e. The predicted molar refractivity (Wildman–Crippen MR) is 115 cm³/mol. The molecule has 1 aromatic heterocycles. The Hall–Kier alpha value is -2.83. The first kappa shape index (κ1) is 19.2. The van der Waals surface area contributed by atoms with Crippen LogP contribution in [0.1, 0.15) is 29.1 Å². The fraction of sp³-hybridized carbons (Fsp3) is 0.522. The van der Waals surface area contributed by atoms with Crippen molar-refractivity contribution < 1.29 is 9.53 Å². The van der Waals surface area contributed by atoms with Gasteiger partial charge in [-0.3, -0.25) is 0 Å². The van der Waals surface area contributed by atoms with E-state index in [1.807, 2.05) is 36.1 Å². The number of nitrogens with one attached hydrogen (secondary N) is 1. The van der Waals surface area contributed by atoms with Gasteiger partial charge in [0.2, 0.25) is 0 Å². The van der Waals surface area contributed by atoms with E-state index in [2.05, 4.69) is 15.2 Å². The van der Waals surface area contributed by atoms with Crippen molar-refractivity contribution in [3.8, 4) is 5.75 Å². The van der Waals surface area contributed by atoms with Gasteiger partial charge in [-0.05, 0) is 43.9 Å². The zero-order valence-electron chi connectivity index (χ0n) is 17.7. The predicted octanol–water partition coefficient (Wildman–Crippen LogP) is 2.56. The summed E-state index contributed by atoms with van der Waals surface area (Å²) in [6, 6.07) is 7.84. The highest BCUT2D eigenvalue weighted by Crippen LogP contribution is 2.37. The van der Waals surface area contributed by atoms with Gasteiger partial charge in [-0.25, -0.2) is 14.8 Å². The summed E-state index contributed by atoms with van der Waals surface area (Å²) in [6.07, 6.45) is 3.36. The molecule has 7 heteroatoms. The number of nitrogens with zero attached hydrogens (tertiary/aromatic N) is 4. The molecule has 0 radical (unpaired) electrons. The Labute approximate surface area is 177 Å². The van der Waals surface area contributed by atoms with Crippen molar-refractivity contribution in [3.63, 3.8) is 0 Å². The number of carbonyl (C=O) groups is 1. The Balaban J connectivity index is 1.18. The van der Waals surface area contributed by atoms with Gasteiger partial charge in [0.15, 0.2) is 0 Å². The molecule has 7 nitrogen and oxygen atoms in total. The third kappa shape index (κ3) is 3.57. The topological polar surface area (TPSA) is 70.6 Å². The lowest BCUT2D eigenvalue weighted by Gasteiger charge is -2.24. The Bertz CT molecular complexity index is 931. The Morgan fingerprint density at radius 2 is 1.83 bits per heavy atom. The number of aryl methyl sites for hydroxylation is 2. The van der Waals surface area contributed by atoms with Crippen molar-refractivity contribution in [1.29, 1.82) is 0 Å². The van der Waals surface area contributed by atoms with Crippen LogP contribution in [0.4, 0.5) is 10.6 Å². The van der Waals surface area contributed by atoms with Gasteiger partial charge in [0.05, 0.1) is 7.11 Å². The van der Waals surface area contributed by atoms with Crippen molar-refractivity contribution in [2.45, 2.75) is 32.7 Å². The van der Waals surface area contributed by atoms with Crippen LogP contribution in [0.15, 0.2) is 24.3 Å². The summed E-state index contributed by atoms with van der Waals surface area (Å²) < 4.78 is 5.18. The summed E-state index contributed by atoms with van der Waals surface area (Å²) in [4.78, 5) is 26.5. The number of ether oxygens (including phenoxy) is 1. The van der Waals surface area contributed by atoms with Gasteiger partial charge in [-0.2, -0.15) is 0 Å². The summed E-state index contributed by atoms with van der Waals surface area (Å²) in [5.74, 6) is 3.89. The van der Waals surface area contributed by atoms with Crippen molar-refractivity contribution in [1.82, 2.24) is 20.2 Å². The van der Waals surface area contributed by atoms with Crippen LogP contribution in [0.2, 0.25) is 0 Å². The number of hydrogen-bond acceptors (Lipinski definition) is 5. The minimum absolute atomic E-state index is 0.0329. The number of carbonyl (C=O) groups excluding carboxylic acids is 1. The lowest BCUT2D eigenvalue weighted by atomic mass is 10.0. The molecule has 2 amide bonds. The van der Waals surface area contributed by atoms with Crippen LogP contribution in [-0.2, 0) is 19.4 Å². The number of likely N-dealkylation sites (tertiary alicyclic amines) is 1. The van der Waals surface area contributed by atoms with E-state index in [9.17, 15) is 4.79 Å². The van der Waals surface area contributed by atoms with Crippen LogP contribution < -0.4 is 15.0 Å². The second-order valence-electron chi connectivity index (χ2n) is 8.71. The van der Waals surface area contributed by atoms with Crippen LogP contribution in [0, 0.1) is 18.8 Å². The molecule has 2 unspecified atom stereocenters. The van der Waals surface area contributed by atoms with E-state index in [0.29, 0.717) is 18.4 Å². The average molecular weight is 408 g/mol. The van der Waals surface area contributed by atoms with Crippen molar-refractivity contribution >= 4 is 11.8 Å². The van der Waals surface area contributed by atoms with Gasteiger partial charge in [-0.15, -0.1) is 0 Å². The molecule has 3 heterocycles. The number of benzene rings is 1. The number of urea groups is 1. The molecule has 0 spiro atoms. The number of hydrogen-bond donors (Lipinski definition) is 1. The van der Waals surface area contributed by atoms with Crippen molar-refractivity contribution in [3.05, 3.63) is 46.9 Å². The van der Waals surface area contributed by atoms with Crippen LogP contribution in [0.3, 0.4) is 0 Å². The highest BCUT2D eigenvalue weighted by Gasteiger charge is 2.42. The SMILES string of the molecule is COc1ccc(CNC(=O)N2CC3CN(c4nc(C)nc5c4CCC5)CC3C2)cc1. The number of fused-ring (bicyclic) bond motifs is 2. The number of amides is 2. The minimum Gasteiger partial charge on any atom is -0.497 e. The first-order chi connectivity index (χ1) is 14.6. The monoisotopic (exact) mass is 407 g/mol. The molecular weight excluding hydrogens is 378 g/mol. The average Bonchev–Trinajstić information content (AvgIpc) is 3.46. The minimum atomic E-state index is 0.0329. The summed E-state index contributed by atoms with van der Waals surface area (Å²) in [6.45, 7) is 6.14. The molecule has 2 atom stereocenters. The molecule has 1 aromatic carbocycles. The van der Waals surface area contributed by atoms with Crippen LogP contribution >= 0.6 is 0 Å². The fourth-order valence-corrected chi connectivity index (χ4v) is 5.16. The molecule has 2 fully saturated rings. The Morgan fingerprint density at radius 3 is 2.53 bits per heavy atom. The van der Waals surface area contributed by atoms with Gasteiger partial charge in [0, 0.05) is 55.8 Å². The normalized spacial score (nSPS) is 22.2. The first-order valence-electron chi connectivity index (χ1n) is 10.9. The molecule has 1 aliphatic carbocycles. The summed E-state index contributed by atoms with van der Waals surface area (Å²) >= 11 is 0. The molecule has 30 heavy (non-hydrogen) atoms. The molecule has 158 valence electrons. The smallest absolute Gasteiger partial charge is 0.317 e. The maximum Gasteiger partial charge on any atom is 0.317 e. The molecule has 5 rings (SSSR count). The zero-order valence-corrected chi connectivity index (χ0v) is 17.7. The van der Waals surface area contributed by atoms with Crippen LogP contribution in [0.5, 0.6) is 5.75 Å². The lowest BCUT2D eigenvalue weighted by molar-refractivity contribution is 0.205. The number of aromatic nitrogens is 2. The van der Waals surface area contributed by atoms with Gasteiger partial charge in [-0.1, -0.05) is 12.1 Å². The maximum absolute atomic E-state index is 12.7. The number of rotatable bonds is 4. The molecule has 2 aromatic rings. The highest BCUT2D eigenvalue weighted by atomic mass is 16.5. The molecule has 3 aliphatic rings. The van der Waals surface area contributed by atoms with Crippen molar-refractivity contribution in [2.24, 2.45) is 11.8 Å². The highest BCUT2D eigenvalue weighted by molar-refractivity contribution is 5.74. The summed E-state index contributed by atoms with van der Waals surface area (Å²) in [5.41, 5.74) is 3.67. The second kappa shape index (κ2) is 7.78. The molecule has 2 saturated heterocycles. The van der Waals surface area contributed by atoms with Crippen LogP contribution in [0.25, 0.3) is 0 Å². The summed E-state index contributed by atoms with van der Waals surface area (Å²) in [7, 11) is 1.65. The molecule has 1 N–H and O–H groups in total. The quantitative estimate of drug-likeness (QED) is 0.844. The molecular formula is C23H29N5O2. The number of methoxy groups -OCH3 is 1. The fourth-order valence-electron chi connectivity index (χ4n) is 5.16. The Kier molecular flexibility index (Phi) is 4.97. The van der Waals surface area contributed by atoms with Gasteiger partial charge in [0.1, 0.15) is 17.4 Å². The lowest BCUT2D eigenvalue weighted by Crippen LogP contribution is -2.40. The first-order valence-corrected chi connectivity index (χ1v) is 10.9. The Morgan fingerprint density at radius 1 is 1.10 bits per heavy atom. The second-order valence-corrected chi connectivity index (χ2v) is 8.71. The van der Waals surface area contributed by atoms with E-state index < -0.39 is 0 Å². The molecule has 0 saturated carbocycles. The molecule has 0 bridgehead atoms. The van der Waals surface area contributed by atoms with Crippen molar-refractivity contribution in [2.75, 3.05) is 38.2 Å². The van der Waals surface area contributed by atoms with E-state index in [-0.39, 0.29) is 6.03 Å².